The highest BCUT2D eigenvalue weighted by atomic mass is 16.5. The minimum atomic E-state index is -0.131. The van der Waals surface area contributed by atoms with Gasteiger partial charge >= 0.3 is 6.03 Å². The highest BCUT2D eigenvalue weighted by Crippen LogP contribution is 2.24. The molecule has 1 aromatic rings. The van der Waals surface area contributed by atoms with Crippen LogP contribution in [0.3, 0.4) is 0 Å². The van der Waals surface area contributed by atoms with E-state index in [4.69, 9.17) is 14.2 Å². The standard InChI is InChI=1S/C16H24N2O4/c1-20-14-3-4-15(21-2)12(11-14)5-8-17-16(19)18-13-6-9-22-10-7-13/h3-4,11,13H,5-10H2,1-2H3,(H2,17,18,19). The average Bonchev–Trinajstić information content (AvgIpc) is 2.55. The molecule has 0 aliphatic carbocycles. The zero-order chi connectivity index (χ0) is 15.8. The molecule has 6 heteroatoms. The molecule has 0 aromatic heterocycles. The van der Waals surface area contributed by atoms with Gasteiger partial charge in [0.2, 0.25) is 0 Å². The fraction of sp³-hybridized carbons (Fsp3) is 0.562. The zero-order valence-corrected chi connectivity index (χ0v) is 13.2. The van der Waals surface area contributed by atoms with Crippen LogP contribution in [-0.4, -0.2) is 46.1 Å². The quantitative estimate of drug-likeness (QED) is 0.840. The van der Waals surface area contributed by atoms with E-state index in [2.05, 4.69) is 10.6 Å². The lowest BCUT2D eigenvalue weighted by atomic mass is 10.1. The van der Waals surface area contributed by atoms with Crippen molar-refractivity contribution in [2.45, 2.75) is 25.3 Å². The molecule has 122 valence electrons. The summed E-state index contributed by atoms with van der Waals surface area (Å²) in [6, 6.07) is 5.73. The highest BCUT2D eigenvalue weighted by molar-refractivity contribution is 5.74. The Morgan fingerprint density at radius 2 is 2.05 bits per heavy atom. The Labute approximate surface area is 131 Å². The molecule has 22 heavy (non-hydrogen) atoms. The van der Waals surface area contributed by atoms with Crippen molar-refractivity contribution >= 4 is 6.03 Å². The largest absolute Gasteiger partial charge is 0.497 e. The lowest BCUT2D eigenvalue weighted by molar-refractivity contribution is 0.0801. The molecule has 2 N–H and O–H groups in total. The molecule has 1 saturated heterocycles. The van der Waals surface area contributed by atoms with Gasteiger partial charge in [-0.05, 0) is 43.0 Å². The smallest absolute Gasteiger partial charge is 0.315 e. The summed E-state index contributed by atoms with van der Waals surface area (Å²) >= 11 is 0. The van der Waals surface area contributed by atoms with Gasteiger partial charge in [-0.3, -0.25) is 0 Å². The fourth-order valence-electron chi connectivity index (χ4n) is 2.47. The van der Waals surface area contributed by atoms with E-state index in [0.29, 0.717) is 26.2 Å². The zero-order valence-electron chi connectivity index (χ0n) is 13.2. The number of hydrogen-bond donors (Lipinski definition) is 2. The number of carbonyl (C=O) groups excluding carboxylic acids is 1. The van der Waals surface area contributed by atoms with Crippen LogP contribution in [0.4, 0.5) is 4.79 Å². The maximum absolute atomic E-state index is 11.9. The summed E-state index contributed by atoms with van der Waals surface area (Å²) in [5, 5.41) is 5.85. The molecule has 0 radical (unpaired) electrons. The number of methoxy groups -OCH3 is 2. The van der Waals surface area contributed by atoms with Crippen molar-refractivity contribution in [2.75, 3.05) is 34.0 Å². The summed E-state index contributed by atoms with van der Waals surface area (Å²) in [5.74, 6) is 1.58. The molecule has 0 spiro atoms. The van der Waals surface area contributed by atoms with Crippen LogP contribution in [-0.2, 0) is 11.2 Å². The molecule has 6 nitrogen and oxygen atoms in total. The first kappa shape index (κ1) is 16.4. The molecule has 1 aromatic carbocycles. The molecule has 1 fully saturated rings. The molecular weight excluding hydrogens is 284 g/mol. The Kier molecular flexibility index (Phi) is 6.33. The minimum Gasteiger partial charge on any atom is -0.497 e. The number of carbonyl (C=O) groups is 1. The monoisotopic (exact) mass is 308 g/mol. The average molecular weight is 308 g/mol. The number of nitrogens with one attached hydrogen (secondary N) is 2. The SMILES string of the molecule is COc1ccc(OC)c(CCNC(=O)NC2CCOCC2)c1. The molecule has 0 atom stereocenters. The van der Waals surface area contributed by atoms with Crippen LogP contribution in [0.1, 0.15) is 18.4 Å². The van der Waals surface area contributed by atoms with Crippen LogP contribution in [0.15, 0.2) is 18.2 Å². The molecule has 1 aliphatic rings. The van der Waals surface area contributed by atoms with Crippen molar-refractivity contribution in [3.8, 4) is 11.5 Å². The van der Waals surface area contributed by atoms with Gasteiger partial charge in [-0.15, -0.1) is 0 Å². The third-order valence-corrected chi connectivity index (χ3v) is 3.72. The Hall–Kier alpha value is -1.95. The number of rotatable bonds is 6. The first-order chi connectivity index (χ1) is 10.7. The highest BCUT2D eigenvalue weighted by Gasteiger charge is 2.15. The summed E-state index contributed by atoms with van der Waals surface area (Å²) in [4.78, 5) is 11.9. The predicted octanol–water partition coefficient (Wildman–Crippen LogP) is 1.72. The van der Waals surface area contributed by atoms with E-state index in [1.807, 2.05) is 18.2 Å². The molecule has 1 heterocycles. The summed E-state index contributed by atoms with van der Waals surface area (Å²) in [7, 11) is 3.27. The molecule has 0 bridgehead atoms. The minimum absolute atomic E-state index is 0.131. The van der Waals surface area contributed by atoms with E-state index in [1.54, 1.807) is 14.2 Å². The van der Waals surface area contributed by atoms with Crippen LogP contribution in [0.25, 0.3) is 0 Å². The fourth-order valence-corrected chi connectivity index (χ4v) is 2.47. The van der Waals surface area contributed by atoms with Crippen LogP contribution in [0, 0.1) is 0 Å². The van der Waals surface area contributed by atoms with Gasteiger partial charge in [-0.2, -0.15) is 0 Å². The van der Waals surface area contributed by atoms with Crippen LogP contribution in [0.2, 0.25) is 0 Å². The normalized spacial score (nSPS) is 15.2. The van der Waals surface area contributed by atoms with Gasteiger partial charge in [0, 0.05) is 25.8 Å². The van der Waals surface area contributed by atoms with Crippen molar-refractivity contribution in [3.05, 3.63) is 23.8 Å². The summed E-state index contributed by atoms with van der Waals surface area (Å²) < 4.78 is 15.8. The molecular formula is C16H24N2O4. The predicted molar refractivity (Wildman–Crippen MR) is 83.6 cm³/mol. The van der Waals surface area contributed by atoms with Crippen molar-refractivity contribution < 1.29 is 19.0 Å². The van der Waals surface area contributed by atoms with E-state index >= 15 is 0 Å². The maximum atomic E-state index is 11.9. The van der Waals surface area contributed by atoms with Crippen molar-refractivity contribution in [1.82, 2.24) is 10.6 Å². The van der Waals surface area contributed by atoms with Crippen molar-refractivity contribution in [1.29, 1.82) is 0 Å². The first-order valence-corrected chi connectivity index (χ1v) is 7.56. The van der Waals surface area contributed by atoms with Gasteiger partial charge < -0.3 is 24.8 Å². The van der Waals surface area contributed by atoms with Crippen molar-refractivity contribution in [3.63, 3.8) is 0 Å². The van der Waals surface area contributed by atoms with Crippen LogP contribution in [0.5, 0.6) is 11.5 Å². The van der Waals surface area contributed by atoms with Gasteiger partial charge in [0.25, 0.3) is 0 Å². The molecule has 2 rings (SSSR count). The number of hydrogen-bond acceptors (Lipinski definition) is 4. The van der Waals surface area contributed by atoms with E-state index in [0.717, 1.165) is 29.9 Å². The molecule has 0 unspecified atom stereocenters. The van der Waals surface area contributed by atoms with Gasteiger partial charge in [-0.25, -0.2) is 4.79 Å². The first-order valence-electron chi connectivity index (χ1n) is 7.56. The Balaban J connectivity index is 1.78. The lowest BCUT2D eigenvalue weighted by Crippen LogP contribution is -2.44. The summed E-state index contributed by atoms with van der Waals surface area (Å²) in [6.45, 7) is 1.97. The van der Waals surface area contributed by atoms with Gasteiger partial charge in [0.1, 0.15) is 11.5 Å². The summed E-state index contributed by atoms with van der Waals surface area (Å²) in [6.07, 6.45) is 2.43. The number of urea groups is 1. The van der Waals surface area contributed by atoms with Gasteiger partial charge in [-0.1, -0.05) is 0 Å². The van der Waals surface area contributed by atoms with Crippen LogP contribution >= 0.6 is 0 Å². The molecule has 1 aliphatic heterocycles. The summed E-state index contributed by atoms with van der Waals surface area (Å²) in [5.41, 5.74) is 1.01. The third kappa shape index (κ3) is 4.80. The van der Waals surface area contributed by atoms with Gasteiger partial charge in [0.05, 0.1) is 14.2 Å². The second-order valence-electron chi connectivity index (χ2n) is 5.21. The Bertz CT molecular complexity index is 487. The molecule has 0 saturated carbocycles. The van der Waals surface area contributed by atoms with E-state index in [1.165, 1.54) is 0 Å². The van der Waals surface area contributed by atoms with E-state index in [9.17, 15) is 4.79 Å². The third-order valence-electron chi connectivity index (χ3n) is 3.72. The number of benzene rings is 1. The van der Waals surface area contributed by atoms with Crippen molar-refractivity contribution in [2.24, 2.45) is 0 Å². The second-order valence-corrected chi connectivity index (χ2v) is 5.21. The second kappa shape index (κ2) is 8.48. The lowest BCUT2D eigenvalue weighted by Gasteiger charge is -2.23. The Morgan fingerprint density at radius 1 is 1.27 bits per heavy atom. The van der Waals surface area contributed by atoms with E-state index < -0.39 is 0 Å². The Morgan fingerprint density at radius 3 is 2.73 bits per heavy atom. The number of ether oxygens (including phenoxy) is 3. The van der Waals surface area contributed by atoms with E-state index in [-0.39, 0.29) is 12.1 Å². The molecule has 2 amide bonds. The number of amides is 2. The maximum Gasteiger partial charge on any atom is 0.315 e. The van der Waals surface area contributed by atoms with Crippen LogP contribution < -0.4 is 20.1 Å². The topological polar surface area (TPSA) is 68.8 Å². The van der Waals surface area contributed by atoms with Gasteiger partial charge in [0.15, 0.2) is 0 Å².